The molecule has 0 unspecified atom stereocenters. The number of amides is 1. The van der Waals surface area contributed by atoms with E-state index in [2.05, 4.69) is 17.4 Å². The Morgan fingerprint density at radius 1 is 0.864 bits per heavy atom. The van der Waals surface area contributed by atoms with Gasteiger partial charge in [-0.25, -0.2) is 0 Å². The zero-order valence-electron chi connectivity index (χ0n) is 12.7. The van der Waals surface area contributed by atoms with Gasteiger partial charge in [0.1, 0.15) is 0 Å². The number of hydrogen-bond acceptors (Lipinski definition) is 1. The van der Waals surface area contributed by atoms with Crippen molar-refractivity contribution >= 4 is 5.91 Å². The summed E-state index contributed by atoms with van der Waals surface area (Å²) in [7, 11) is 0. The molecule has 0 heterocycles. The van der Waals surface area contributed by atoms with Crippen LogP contribution in [0.4, 0.5) is 0 Å². The number of carbonyl (C=O) groups excluding carboxylic acids is 1. The molecule has 0 spiro atoms. The SMILES string of the molecule is O=C(N[C@H]1C[C@@H]2CC[C@H]1C2)c1ccc(-c2ccccc2)cc1. The summed E-state index contributed by atoms with van der Waals surface area (Å²) >= 11 is 0. The fourth-order valence-corrected chi connectivity index (χ4v) is 4.12. The molecule has 0 saturated heterocycles. The van der Waals surface area contributed by atoms with Crippen molar-refractivity contribution in [3.63, 3.8) is 0 Å². The van der Waals surface area contributed by atoms with Crippen LogP contribution in [0.25, 0.3) is 11.1 Å². The van der Waals surface area contributed by atoms with Gasteiger partial charge in [-0.15, -0.1) is 0 Å². The van der Waals surface area contributed by atoms with Gasteiger partial charge in [-0.3, -0.25) is 4.79 Å². The second-order valence-electron chi connectivity index (χ2n) is 6.70. The van der Waals surface area contributed by atoms with E-state index in [9.17, 15) is 4.79 Å². The van der Waals surface area contributed by atoms with Crippen LogP contribution in [0.5, 0.6) is 0 Å². The third kappa shape index (κ3) is 2.54. The Morgan fingerprint density at radius 3 is 2.23 bits per heavy atom. The summed E-state index contributed by atoms with van der Waals surface area (Å²) in [6, 6.07) is 18.6. The van der Waals surface area contributed by atoms with Crippen LogP contribution in [-0.2, 0) is 0 Å². The number of carbonyl (C=O) groups is 1. The molecule has 2 bridgehead atoms. The van der Waals surface area contributed by atoms with Gasteiger partial charge in [0.2, 0.25) is 0 Å². The van der Waals surface area contributed by atoms with Gasteiger partial charge in [-0.05, 0) is 54.4 Å². The molecule has 0 radical (unpaired) electrons. The third-order valence-corrected chi connectivity index (χ3v) is 5.31. The van der Waals surface area contributed by atoms with Crippen molar-refractivity contribution < 1.29 is 4.79 Å². The van der Waals surface area contributed by atoms with Gasteiger partial charge in [0.05, 0.1) is 0 Å². The van der Waals surface area contributed by atoms with Crippen molar-refractivity contribution in [2.75, 3.05) is 0 Å². The van der Waals surface area contributed by atoms with E-state index >= 15 is 0 Å². The van der Waals surface area contributed by atoms with E-state index in [0.29, 0.717) is 6.04 Å². The highest BCUT2D eigenvalue weighted by Gasteiger charge is 2.40. The van der Waals surface area contributed by atoms with Crippen LogP contribution in [0.2, 0.25) is 0 Å². The lowest BCUT2D eigenvalue weighted by molar-refractivity contribution is 0.0923. The minimum absolute atomic E-state index is 0.0807. The summed E-state index contributed by atoms with van der Waals surface area (Å²) < 4.78 is 0. The van der Waals surface area contributed by atoms with Crippen molar-refractivity contribution in [2.24, 2.45) is 11.8 Å². The van der Waals surface area contributed by atoms with Crippen LogP contribution in [0, 0.1) is 11.8 Å². The Bertz CT molecular complexity index is 662. The summed E-state index contributed by atoms with van der Waals surface area (Å²) in [6.07, 6.45) is 5.15. The van der Waals surface area contributed by atoms with Crippen molar-refractivity contribution in [2.45, 2.75) is 31.7 Å². The Labute approximate surface area is 131 Å². The van der Waals surface area contributed by atoms with E-state index in [0.717, 1.165) is 23.0 Å². The van der Waals surface area contributed by atoms with Gasteiger partial charge < -0.3 is 5.32 Å². The van der Waals surface area contributed by atoms with Gasteiger partial charge in [-0.1, -0.05) is 48.9 Å². The predicted octanol–water partition coefficient (Wildman–Crippen LogP) is 4.27. The normalized spacial score (nSPS) is 26.1. The lowest BCUT2D eigenvalue weighted by Gasteiger charge is -2.22. The molecule has 0 aliphatic heterocycles. The van der Waals surface area contributed by atoms with Crippen LogP contribution in [0.15, 0.2) is 54.6 Å². The van der Waals surface area contributed by atoms with Gasteiger partial charge in [0.25, 0.3) is 5.91 Å². The van der Waals surface area contributed by atoms with E-state index < -0.39 is 0 Å². The van der Waals surface area contributed by atoms with Crippen LogP contribution in [-0.4, -0.2) is 11.9 Å². The minimum Gasteiger partial charge on any atom is -0.349 e. The first kappa shape index (κ1) is 13.6. The van der Waals surface area contributed by atoms with Crippen molar-refractivity contribution in [3.8, 4) is 11.1 Å². The molecule has 3 atom stereocenters. The largest absolute Gasteiger partial charge is 0.349 e. The number of fused-ring (bicyclic) bond motifs is 2. The molecule has 2 saturated carbocycles. The smallest absolute Gasteiger partial charge is 0.251 e. The van der Waals surface area contributed by atoms with Crippen LogP contribution in [0.3, 0.4) is 0 Å². The van der Waals surface area contributed by atoms with Crippen LogP contribution >= 0.6 is 0 Å². The van der Waals surface area contributed by atoms with Gasteiger partial charge in [-0.2, -0.15) is 0 Å². The topological polar surface area (TPSA) is 29.1 Å². The molecule has 2 aliphatic carbocycles. The number of nitrogens with one attached hydrogen (secondary N) is 1. The lowest BCUT2D eigenvalue weighted by atomic mass is 9.95. The number of rotatable bonds is 3. The standard InChI is InChI=1S/C20H21NO/c22-20(21-19-13-14-6-7-18(19)12-14)17-10-8-16(9-11-17)15-4-2-1-3-5-15/h1-5,8-11,14,18-19H,6-7,12-13H2,(H,21,22)/t14-,18+,19+/m1/s1. The molecule has 22 heavy (non-hydrogen) atoms. The first-order valence-corrected chi connectivity index (χ1v) is 8.26. The highest BCUT2D eigenvalue weighted by Crippen LogP contribution is 2.44. The molecule has 4 rings (SSSR count). The summed E-state index contributed by atoms with van der Waals surface area (Å²) in [6.45, 7) is 0. The van der Waals surface area contributed by atoms with Crippen LogP contribution < -0.4 is 5.32 Å². The van der Waals surface area contributed by atoms with Gasteiger partial charge >= 0.3 is 0 Å². The maximum atomic E-state index is 12.4. The second kappa shape index (κ2) is 5.60. The van der Waals surface area contributed by atoms with E-state index in [-0.39, 0.29) is 5.91 Å². The van der Waals surface area contributed by atoms with Crippen LogP contribution in [0.1, 0.15) is 36.0 Å². The van der Waals surface area contributed by atoms with Crippen molar-refractivity contribution in [1.82, 2.24) is 5.32 Å². The Balaban J connectivity index is 1.45. The molecule has 2 fully saturated rings. The molecule has 112 valence electrons. The van der Waals surface area contributed by atoms with E-state index in [4.69, 9.17) is 0 Å². The first-order chi connectivity index (χ1) is 10.8. The number of hydrogen-bond donors (Lipinski definition) is 1. The Morgan fingerprint density at radius 2 is 1.59 bits per heavy atom. The van der Waals surface area contributed by atoms with Crippen molar-refractivity contribution in [1.29, 1.82) is 0 Å². The van der Waals surface area contributed by atoms with E-state index in [1.165, 1.54) is 31.2 Å². The quantitative estimate of drug-likeness (QED) is 0.899. The highest BCUT2D eigenvalue weighted by molar-refractivity contribution is 5.94. The summed E-state index contributed by atoms with van der Waals surface area (Å²) in [4.78, 5) is 12.4. The fourth-order valence-electron chi connectivity index (χ4n) is 4.12. The maximum Gasteiger partial charge on any atom is 0.251 e. The van der Waals surface area contributed by atoms with Crippen molar-refractivity contribution in [3.05, 3.63) is 60.2 Å². The molecule has 1 amide bonds. The fraction of sp³-hybridized carbons (Fsp3) is 0.350. The molecule has 1 N–H and O–H groups in total. The molecule has 2 aromatic rings. The van der Waals surface area contributed by atoms with E-state index in [1.54, 1.807) is 0 Å². The summed E-state index contributed by atoms with van der Waals surface area (Å²) in [5, 5.41) is 3.25. The lowest BCUT2D eigenvalue weighted by Crippen LogP contribution is -2.38. The second-order valence-corrected chi connectivity index (χ2v) is 6.70. The minimum atomic E-state index is 0.0807. The van der Waals surface area contributed by atoms with Gasteiger partial charge in [0, 0.05) is 11.6 Å². The molecular weight excluding hydrogens is 270 g/mol. The molecular formula is C20H21NO. The highest BCUT2D eigenvalue weighted by atomic mass is 16.1. The summed E-state index contributed by atoms with van der Waals surface area (Å²) in [5.74, 6) is 1.66. The molecule has 2 aromatic carbocycles. The molecule has 2 heteroatoms. The zero-order valence-corrected chi connectivity index (χ0v) is 12.7. The van der Waals surface area contributed by atoms with E-state index in [1.807, 2.05) is 42.5 Å². The maximum absolute atomic E-state index is 12.4. The average molecular weight is 291 g/mol. The third-order valence-electron chi connectivity index (χ3n) is 5.31. The predicted molar refractivity (Wildman–Crippen MR) is 88.6 cm³/mol. The monoisotopic (exact) mass is 291 g/mol. The molecule has 0 aromatic heterocycles. The molecule has 2 nitrogen and oxygen atoms in total. The number of benzene rings is 2. The molecule has 2 aliphatic rings. The van der Waals surface area contributed by atoms with Gasteiger partial charge in [0.15, 0.2) is 0 Å². The first-order valence-electron chi connectivity index (χ1n) is 8.26. The average Bonchev–Trinajstić information content (AvgIpc) is 3.19. The summed E-state index contributed by atoms with van der Waals surface area (Å²) in [5.41, 5.74) is 3.10. The Kier molecular flexibility index (Phi) is 3.45. The Hall–Kier alpha value is -2.09. The zero-order chi connectivity index (χ0) is 14.9.